The summed E-state index contributed by atoms with van der Waals surface area (Å²) in [4.78, 5) is 10.3. The fraction of sp³-hybridized carbons (Fsp3) is 0.300. The topological polar surface area (TPSA) is 73.0 Å². The van der Waals surface area contributed by atoms with Crippen LogP contribution >= 0.6 is 0 Å². The Labute approximate surface area is 92.4 Å². The van der Waals surface area contributed by atoms with Crippen molar-refractivity contribution >= 4 is 17.2 Å². The molecule has 6 heteroatoms. The first kappa shape index (κ1) is 10.4. The van der Waals surface area contributed by atoms with Crippen LogP contribution in [0.4, 0.5) is 11.5 Å². The predicted molar refractivity (Wildman–Crippen MR) is 61.1 cm³/mol. The van der Waals surface area contributed by atoms with Crippen LogP contribution in [-0.4, -0.2) is 21.8 Å². The first-order valence-corrected chi connectivity index (χ1v) is 5.01. The van der Waals surface area contributed by atoms with E-state index in [1.54, 1.807) is 7.05 Å². The molecule has 0 saturated carbocycles. The lowest BCUT2D eigenvalue weighted by atomic mass is 10.1. The summed E-state index contributed by atoms with van der Waals surface area (Å²) >= 11 is 0. The molecule has 0 unspecified atom stereocenters. The average Bonchev–Trinajstić information content (AvgIpc) is 2.74. The number of nitrogens with zero attached hydrogens (tertiary/aromatic N) is 3. The Hall–Kier alpha value is -2.11. The van der Waals surface area contributed by atoms with Crippen LogP contribution in [0.5, 0.6) is 0 Å². The maximum absolute atomic E-state index is 10.8. The molecule has 1 aliphatic rings. The number of hydrogen-bond donors (Lipinski definition) is 1. The quantitative estimate of drug-likeness (QED) is 0.624. The third-order valence-electron chi connectivity index (χ3n) is 2.37. The third-order valence-corrected chi connectivity index (χ3v) is 2.37. The molecule has 0 spiro atoms. The van der Waals surface area contributed by atoms with E-state index in [2.05, 4.69) is 10.4 Å². The van der Waals surface area contributed by atoms with Crippen molar-refractivity contribution in [2.45, 2.75) is 12.8 Å². The number of nitrogens with one attached hydrogen (secondary N) is 1. The number of allylic oxidation sites excluding steroid dienone is 4. The predicted octanol–water partition coefficient (Wildman–Crippen LogP) is 2.02. The highest BCUT2D eigenvalue weighted by atomic mass is 16.6. The standard InChI is InChI=1S/C10H12N4O2/c1-11-10-9(14(15)16)7-13(12-10)8-5-3-2-4-6-8/h3,5-7H,2,4H2,1H3,(H,11,12). The van der Waals surface area contributed by atoms with E-state index in [9.17, 15) is 10.1 Å². The van der Waals surface area contributed by atoms with Crippen molar-refractivity contribution in [2.75, 3.05) is 12.4 Å². The molecule has 0 aromatic carbocycles. The van der Waals surface area contributed by atoms with Crippen LogP contribution in [0.2, 0.25) is 0 Å². The van der Waals surface area contributed by atoms with Crippen molar-refractivity contribution < 1.29 is 4.92 Å². The van der Waals surface area contributed by atoms with Crippen molar-refractivity contribution in [3.05, 3.63) is 34.5 Å². The zero-order valence-corrected chi connectivity index (χ0v) is 8.88. The van der Waals surface area contributed by atoms with E-state index < -0.39 is 4.92 Å². The Bertz CT molecular complexity index is 473. The lowest BCUT2D eigenvalue weighted by Gasteiger charge is -2.05. The molecule has 1 heterocycles. The molecule has 84 valence electrons. The molecule has 0 saturated heterocycles. The number of nitro groups is 1. The maximum atomic E-state index is 10.8. The van der Waals surface area contributed by atoms with Gasteiger partial charge >= 0.3 is 5.69 Å². The van der Waals surface area contributed by atoms with Gasteiger partial charge in [0, 0.05) is 7.05 Å². The highest BCUT2D eigenvalue weighted by Gasteiger charge is 2.19. The van der Waals surface area contributed by atoms with Gasteiger partial charge in [-0.15, -0.1) is 5.10 Å². The minimum Gasteiger partial charge on any atom is -0.366 e. The van der Waals surface area contributed by atoms with Crippen LogP contribution < -0.4 is 5.32 Å². The van der Waals surface area contributed by atoms with Crippen LogP contribution in [0.15, 0.2) is 24.4 Å². The van der Waals surface area contributed by atoms with Crippen molar-refractivity contribution in [1.29, 1.82) is 0 Å². The van der Waals surface area contributed by atoms with Gasteiger partial charge in [-0.25, -0.2) is 4.68 Å². The summed E-state index contributed by atoms with van der Waals surface area (Å²) in [6, 6.07) is 0. The monoisotopic (exact) mass is 220 g/mol. The molecule has 0 radical (unpaired) electrons. The van der Waals surface area contributed by atoms with Gasteiger partial charge in [-0.2, -0.15) is 0 Å². The molecule has 0 atom stereocenters. The van der Waals surface area contributed by atoms with E-state index in [0.717, 1.165) is 18.5 Å². The van der Waals surface area contributed by atoms with E-state index in [0.29, 0.717) is 0 Å². The molecule has 2 rings (SSSR count). The minimum atomic E-state index is -0.442. The smallest absolute Gasteiger partial charge is 0.331 e. The molecule has 16 heavy (non-hydrogen) atoms. The van der Waals surface area contributed by atoms with Crippen molar-refractivity contribution in [3.8, 4) is 0 Å². The van der Waals surface area contributed by atoms with E-state index in [-0.39, 0.29) is 11.5 Å². The van der Waals surface area contributed by atoms with Gasteiger partial charge in [0.2, 0.25) is 5.82 Å². The van der Waals surface area contributed by atoms with Crippen LogP contribution in [0, 0.1) is 10.1 Å². The summed E-state index contributed by atoms with van der Waals surface area (Å²) in [5.41, 5.74) is 0.859. The Kier molecular flexibility index (Phi) is 2.72. The highest BCUT2D eigenvalue weighted by molar-refractivity contribution is 5.63. The van der Waals surface area contributed by atoms with Gasteiger partial charge in [0.15, 0.2) is 0 Å². The number of hydrogen-bond acceptors (Lipinski definition) is 4. The third kappa shape index (κ3) is 1.81. The van der Waals surface area contributed by atoms with Crippen LogP contribution in [0.3, 0.4) is 0 Å². The summed E-state index contributed by atoms with van der Waals surface area (Å²) in [6.45, 7) is 0. The van der Waals surface area contributed by atoms with Gasteiger partial charge in [0.1, 0.15) is 6.20 Å². The second-order valence-electron chi connectivity index (χ2n) is 3.42. The van der Waals surface area contributed by atoms with Crippen molar-refractivity contribution in [1.82, 2.24) is 9.78 Å². The number of anilines is 1. The first-order valence-electron chi connectivity index (χ1n) is 5.01. The molecule has 0 fully saturated rings. The summed E-state index contributed by atoms with van der Waals surface area (Å²) in [6.07, 6.45) is 9.32. The van der Waals surface area contributed by atoms with E-state index in [1.807, 2.05) is 18.2 Å². The van der Waals surface area contributed by atoms with E-state index in [4.69, 9.17) is 0 Å². The molecular formula is C10H12N4O2. The number of rotatable bonds is 3. The molecule has 6 nitrogen and oxygen atoms in total. The van der Waals surface area contributed by atoms with Crippen molar-refractivity contribution in [2.24, 2.45) is 0 Å². The van der Waals surface area contributed by atoms with Gasteiger partial charge in [0.25, 0.3) is 0 Å². The lowest BCUT2D eigenvalue weighted by Crippen LogP contribution is -1.98. The summed E-state index contributed by atoms with van der Waals surface area (Å²) in [5, 5.41) is 17.6. The van der Waals surface area contributed by atoms with Gasteiger partial charge in [-0.05, 0) is 18.9 Å². The molecule has 0 aliphatic heterocycles. The van der Waals surface area contributed by atoms with Crippen LogP contribution in [-0.2, 0) is 0 Å². The van der Waals surface area contributed by atoms with Crippen molar-refractivity contribution in [3.63, 3.8) is 0 Å². The fourth-order valence-electron chi connectivity index (χ4n) is 1.58. The number of aromatic nitrogens is 2. The van der Waals surface area contributed by atoms with Gasteiger partial charge in [0.05, 0.1) is 10.6 Å². The normalized spacial score (nSPS) is 14.7. The summed E-state index contributed by atoms with van der Waals surface area (Å²) in [7, 11) is 1.62. The average molecular weight is 220 g/mol. The molecule has 1 aromatic heterocycles. The Morgan fingerprint density at radius 1 is 1.56 bits per heavy atom. The second kappa shape index (κ2) is 4.18. The maximum Gasteiger partial charge on any atom is 0.331 e. The molecule has 1 N–H and O–H groups in total. The zero-order valence-electron chi connectivity index (χ0n) is 8.88. The SMILES string of the molecule is CNc1nn(C2=CCCC=C2)cc1[N+](=O)[O-]. The summed E-state index contributed by atoms with van der Waals surface area (Å²) < 4.78 is 1.53. The minimum absolute atomic E-state index is 0.0117. The summed E-state index contributed by atoms with van der Waals surface area (Å²) in [5.74, 6) is 0.282. The first-order chi connectivity index (χ1) is 7.72. The van der Waals surface area contributed by atoms with Crippen LogP contribution in [0.25, 0.3) is 5.70 Å². The fourth-order valence-corrected chi connectivity index (χ4v) is 1.58. The molecule has 1 aliphatic carbocycles. The van der Waals surface area contributed by atoms with Crippen LogP contribution in [0.1, 0.15) is 12.8 Å². The van der Waals surface area contributed by atoms with Gasteiger partial charge in [-0.3, -0.25) is 10.1 Å². The molecule has 1 aromatic rings. The zero-order chi connectivity index (χ0) is 11.5. The van der Waals surface area contributed by atoms with E-state index >= 15 is 0 Å². The largest absolute Gasteiger partial charge is 0.366 e. The van der Waals surface area contributed by atoms with Gasteiger partial charge < -0.3 is 5.32 Å². The van der Waals surface area contributed by atoms with E-state index in [1.165, 1.54) is 10.9 Å². The lowest BCUT2D eigenvalue weighted by molar-refractivity contribution is -0.384. The molecule has 0 amide bonds. The Balaban J connectivity index is 2.39. The molecule has 0 bridgehead atoms. The Morgan fingerprint density at radius 3 is 2.88 bits per heavy atom. The van der Waals surface area contributed by atoms with Gasteiger partial charge in [-0.1, -0.05) is 12.2 Å². The molecular weight excluding hydrogens is 208 g/mol. The second-order valence-corrected chi connectivity index (χ2v) is 3.42. The highest BCUT2D eigenvalue weighted by Crippen LogP contribution is 2.24. The Morgan fingerprint density at radius 2 is 2.38 bits per heavy atom.